The third-order valence-corrected chi connectivity index (χ3v) is 3.38. The van der Waals surface area contributed by atoms with Gasteiger partial charge in [0.25, 0.3) is 0 Å². The number of aromatic nitrogens is 1. The lowest BCUT2D eigenvalue weighted by atomic mass is 10.1. The number of carbonyl (C=O) groups excluding carboxylic acids is 2. The molecular formula is C18H14FNO4. The zero-order valence-corrected chi connectivity index (χ0v) is 12.7. The molecule has 0 aliphatic heterocycles. The van der Waals surface area contributed by atoms with Gasteiger partial charge in [-0.1, -0.05) is 6.07 Å². The van der Waals surface area contributed by atoms with Crippen LogP contribution in [0.5, 0.6) is 11.6 Å². The van der Waals surface area contributed by atoms with E-state index < -0.39 is 11.8 Å². The summed E-state index contributed by atoms with van der Waals surface area (Å²) in [6.45, 7) is 0. The number of halogens is 1. The molecule has 1 heterocycles. The maximum absolute atomic E-state index is 13.1. The molecule has 5 nitrogen and oxygen atoms in total. The number of benzene rings is 1. The van der Waals surface area contributed by atoms with E-state index in [4.69, 9.17) is 9.47 Å². The Kier molecular flexibility index (Phi) is 4.65. The van der Waals surface area contributed by atoms with Gasteiger partial charge in [-0.3, -0.25) is 4.79 Å². The third kappa shape index (κ3) is 4.04. The number of hydrogen-bond donors (Lipinski definition) is 0. The van der Waals surface area contributed by atoms with Crippen LogP contribution in [0.4, 0.5) is 4.39 Å². The smallest absolute Gasteiger partial charge is 0.344 e. The van der Waals surface area contributed by atoms with Crippen molar-refractivity contribution in [3.05, 3.63) is 65.8 Å². The fourth-order valence-electron chi connectivity index (χ4n) is 2.23. The molecule has 0 atom stereocenters. The topological polar surface area (TPSA) is 65.5 Å². The molecule has 6 heteroatoms. The van der Waals surface area contributed by atoms with Crippen molar-refractivity contribution in [1.82, 2.24) is 4.98 Å². The molecule has 1 aromatic heterocycles. The number of hydrogen-bond acceptors (Lipinski definition) is 5. The van der Waals surface area contributed by atoms with Crippen LogP contribution < -0.4 is 4.74 Å². The van der Waals surface area contributed by atoms with Gasteiger partial charge in [-0.2, -0.15) is 0 Å². The van der Waals surface area contributed by atoms with Crippen molar-refractivity contribution in [3.63, 3.8) is 0 Å². The van der Waals surface area contributed by atoms with Gasteiger partial charge in [0.05, 0.1) is 5.56 Å². The van der Waals surface area contributed by atoms with Crippen LogP contribution >= 0.6 is 0 Å². The maximum atomic E-state index is 13.1. The number of pyridine rings is 1. The Morgan fingerprint density at radius 3 is 2.75 bits per heavy atom. The summed E-state index contributed by atoms with van der Waals surface area (Å²) in [5, 5.41) is 0. The Bertz CT molecular complexity index is 799. The van der Waals surface area contributed by atoms with Gasteiger partial charge in [0.2, 0.25) is 5.88 Å². The molecule has 3 rings (SSSR count). The fourth-order valence-corrected chi connectivity index (χ4v) is 2.23. The monoisotopic (exact) mass is 327 g/mol. The maximum Gasteiger partial charge on any atom is 0.344 e. The molecule has 0 bridgehead atoms. The van der Waals surface area contributed by atoms with Crippen LogP contribution in [0.25, 0.3) is 0 Å². The molecule has 122 valence electrons. The molecule has 2 aromatic rings. The first kappa shape index (κ1) is 15.9. The van der Waals surface area contributed by atoms with E-state index in [1.54, 1.807) is 6.07 Å². The summed E-state index contributed by atoms with van der Waals surface area (Å²) in [4.78, 5) is 27.3. The van der Waals surface area contributed by atoms with Gasteiger partial charge < -0.3 is 9.47 Å². The van der Waals surface area contributed by atoms with Gasteiger partial charge >= 0.3 is 5.97 Å². The minimum Gasteiger partial charge on any atom is -0.439 e. The fraction of sp³-hybridized carbons (Fsp3) is 0.167. The van der Waals surface area contributed by atoms with Gasteiger partial charge in [-0.25, -0.2) is 14.2 Å². The van der Waals surface area contributed by atoms with Crippen molar-refractivity contribution in [1.29, 1.82) is 0 Å². The van der Waals surface area contributed by atoms with Crippen LogP contribution in [-0.4, -0.2) is 16.7 Å². The minimum absolute atomic E-state index is 0.0407. The first-order valence-electron chi connectivity index (χ1n) is 7.45. The number of carbonyl (C=O) groups is 2. The van der Waals surface area contributed by atoms with Gasteiger partial charge in [-0.15, -0.1) is 0 Å². The molecule has 1 aliphatic rings. The normalized spacial score (nSPS) is 14.0. The highest BCUT2D eigenvalue weighted by molar-refractivity contribution is 5.93. The predicted octanol–water partition coefficient (Wildman–Crippen LogP) is 3.81. The van der Waals surface area contributed by atoms with Gasteiger partial charge in [0.15, 0.2) is 5.78 Å². The number of nitrogens with zero attached hydrogens (tertiary/aromatic N) is 1. The van der Waals surface area contributed by atoms with Crippen LogP contribution in [0.1, 0.15) is 29.6 Å². The molecule has 0 N–H and O–H groups in total. The predicted molar refractivity (Wildman–Crippen MR) is 83.1 cm³/mol. The van der Waals surface area contributed by atoms with E-state index >= 15 is 0 Å². The van der Waals surface area contributed by atoms with E-state index in [0.29, 0.717) is 30.8 Å². The Balaban J connectivity index is 1.65. The second-order valence-corrected chi connectivity index (χ2v) is 5.26. The van der Waals surface area contributed by atoms with Crippen LogP contribution in [0.2, 0.25) is 0 Å². The standard InChI is InChI=1S/C18H14FNO4/c19-13-3-1-5-15(9-13)23-17-8-7-12(11-20-17)18(22)24-16-6-2-4-14(21)10-16/h1,3,5,7-11H,2,4,6H2. The first-order chi connectivity index (χ1) is 11.6. The second kappa shape index (κ2) is 7.04. The van der Waals surface area contributed by atoms with Crippen molar-refractivity contribution in [3.8, 4) is 11.6 Å². The van der Waals surface area contributed by atoms with Crippen LogP contribution in [0, 0.1) is 5.82 Å². The molecule has 0 saturated heterocycles. The molecule has 0 spiro atoms. The molecule has 0 fully saturated rings. The highest BCUT2D eigenvalue weighted by Gasteiger charge is 2.16. The van der Waals surface area contributed by atoms with E-state index in [9.17, 15) is 14.0 Å². The SMILES string of the molecule is O=C1C=C(OC(=O)c2ccc(Oc3cccc(F)c3)nc2)CCC1. The largest absolute Gasteiger partial charge is 0.439 e. The summed E-state index contributed by atoms with van der Waals surface area (Å²) >= 11 is 0. The third-order valence-electron chi connectivity index (χ3n) is 3.38. The van der Waals surface area contributed by atoms with Crippen LogP contribution in [-0.2, 0) is 9.53 Å². The van der Waals surface area contributed by atoms with Gasteiger partial charge in [0, 0.05) is 37.2 Å². The van der Waals surface area contributed by atoms with Crippen molar-refractivity contribution >= 4 is 11.8 Å². The summed E-state index contributed by atoms with van der Waals surface area (Å²) in [5.74, 6) is -0.131. The Morgan fingerprint density at radius 2 is 2.04 bits per heavy atom. The summed E-state index contributed by atoms with van der Waals surface area (Å²) in [6, 6.07) is 8.65. The van der Waals surface area contributed by atoms with Gasteiger partial charge in [-0.05, 0) is 24.6 Å². The molecule has 1 aliphatic carbocycles. The average molecular weight is 327 g/mol. The number of allylic oxidation sites excluding steroid dienone is 2. The van der Waals surface area contributed by atoms with Gasteiger partial charge in [0.1, 0.15) is 17.3 Å². The highest BCUT2D eigenvalue weighted by atomic mass is 19.1. The summed E-state index contributed by atoms with van der Waals surface area (Å²) in [7, 11) is 0. The molecule has 0 saturated carbocycles. The van der Waals surface area contributed by atoms with E-state index in [1.807, 2.05) is 0 Å². The number of rotatable bonds is 4. The summed E-state index contributed by atoms with van der Waals surface area (Å²) in [5.41, 5.74) is 0.237. The molecule has 24 heavy (non-hydrogen) atoms. The van der Waals surface area contributed by atoms with E-state index in [-0.39, 0.29) is 17.2 Å². The first-order valence-corrected chi connectivity index (χ1v) is 7.45. The zero-order valence-electron chi connectivity index (χ0n) is 12.7. The van der Waals surface area contributed by atoms with Crippen molar-refractivity contribution in [2.75, 3.05) is 0 Å². The molecular weight excluding hydrogens is 313 g/mol. The lowest BCUT2D eigenvalue weighted by Gasteiger charge is -2.12. The lowest BCUT2D eigenvalue weighted by Crippen LogP contribution is -2.10. The molecule has 1 aromatic carbocycles. The molecule has 0 unspecified atom stereocenters. The van der Waals surface area contributed by atoms with E-state index in [1.165, 1.54) is 42.6 Å². The van der Waals surface area contributed by atoms with Crippen LogP contribution in [0.3, 0.4) is 0 Å². The number of esters is 1. The van der Waals surface area contributed by atoms with Crippen molar-refractivity contribution in [2.45, 2.75) is 19.3 Å². The van der Waals surface area contributed by atoms with Crippen LogP contribution in [0.15, 0.2) is 54.4 Å². The Hall–Kier alpha value is -3.02. The zero-order chi connectivity index (χ0) is 16.9. The minimum atomic E-state index is -0.583. The Morgan fingerprint density at radius 1 is 1.17 bits per heavy atom. The van der Waals surface area contributed by atoms with E-state index in [0.717, 1.165) is 0 Å². The van der Waals surface area contributed by atoms with Crippen molar-refractivity contribution in [2.24, 2.45) is 0 Å². The summed E-state index contributed by atoms with van der Waals surface area (Å²) < 4.78 is 23.7. The van der Waals surface area contributed by atoms with E-state index in [2.05, 4.69) is 4.98 Å². The highest BCUT2D eigenvalue weighted by Crippen LogP contribution is 2.21. The lowest BCUT2D eigenvalue weighted by molar-refractivity contribution is -0.115. The Labute approximate surface area is 137 Å². The molecule has 0 amide bonds. The average Bonchev–Trinajstić information content (AvgIpc) is 2.55. The molecule has 0 radical (unpaired) electrons. The quantitative estimate of drug-likeness (QED) is 0.799. The number of ketones is 1. The number of ether oxygens (including phenoxy) is 2. The van der Waals surface area contributed by atoms with Crippen molar-refractivity contribution < 1.29 is 23.5 Å². The second-order valence-electron chi connectivity index (χ2n) is 5.26. The summed E-state index contributed by atoms with van der Waals surface area (Å²) in [6.07, 6.45) is 4.38.